The molecule has 6 nitrogen and oxygen atoms in total. The van der Waals surface area contributed by atoms with Gasteiger partial charge in [-0.05, 0) is 55.5 Å². The lowest BCUT2D eigenvalue weighted by Crippen LogP contribution is -2.36. The number of nitrogens with zero attached hydrogens (tertiary/aromatic N) is 2. The Morgan fingerprint density at radius 1 is 1.33 bits per heavy atom. The standard InChI is InChI=1S/C20H21FN4O2/c1-11-13-3-2-4-16(13)24-18(23-11)7-8-22-20(27)15-10-19(26)25-17-6-5-12(21)9-14(15)17/h5-6,9,15H,2-4,7-8,10H2,1H3,(H,22,27)(H,25,26)/t15-/m0/s1. The van der Waals surface area contributed by atoms with Crippen molar-refractivity contribution < 1.29 is 14.0 Å². The van der Waals surface area contributed by atoms with E-state index in [1.807, 2.05) is 6.92 Å². The van der Waals surface area contributed by atoms with Crippen LogP contribution in [-0.2, 0) is 28.9 Å². The van der Waals surface area contributed by atoms with Crippen LogP contribution in [0.25, 0.3) is 0 Å². The number of nitrogens with one attached hydrogen (secondary N) is 2. The first kappa shape index (κ1) is 17.6. The maximum Gasteiger partial charge on any atom is 0.228 e. The smallest absolute Gasteiger partial charge is 0.228 e. The molecule has 0 saturated heterocycles. The van der Waals surface area contributed by atoms with Crippen LogP contribution in [-0.4, -0.2) is 28.3 Å². The molecule has 1 aliphatic carbocycles. The predicted molar refractivity (Wildman–Crippen MR) is 97.9 cm³/mol. The number of halogens is 1. The topological polar surface area (TPSA) is 84.0 Å². The Kier molecular flexibility index (Phi) is 4.59. The molecule has 0 bridgehead atoms. The molecule has 0 fully saturated rings. The lowest BCUT2D eigenvalue weighted by molar-refractivity contribution is -0.126. The van der Waals surface area contributed by atoms with Crippen molar-refractivity contribution in [2.24, 2.45) is 0 Å². The molecule has 4 rings (SSSR count). The van der Waals surface area contributed by atoms with Crippen molar-refractivity contribution in [3.8, 4) is 0 Å². The summed E-state index contributed by atoms with van der Waals surface area (Å²) in [5.74, 6) is -0.917. The molecule has 1 atom stereocenters. The van der Waals surface area contributed by atoms with Gasteiger partial charge in [0.05, 0.1) is 5.92 Å². The van der Waals surface area contributed by atoms with Crippen LogP contribution in [0.3, 0.4) is 0 Å². The number of aryl methyl sites for hydroxylation is 2. The first-order valence-electron chi connectivity index (χ1n) is 9.23. The van der Waals surface area contributed by atoms with Gasteiger partial charge in [-0.1, -0.05) is 0 Å². The second kappa shape index (κ2) is 7.06. The van der Waals surface area contributed by atoms with E-state index in [9.17, 15) is 14.0 Å². The summed E-state index contributed by atoms with van der Waals surface area (Å²) in [6.45, 7) is 2.37. The molecular formula is C20H21FN4O2. The number of fused-ring (bicyclic) bond motifs is 2. The van der Waals surface area contributed by atoms with Gasteiger partial charge in [-0.3, -0.25) is 9.59 Å². The van der Waals surface area contributed by atoms with Crippen molar-refractivity contribution in [3.05, 3.63) is 52.4 Å². The molecule has 1 aromatic carbocycles. The molecule has 2 amide bonds. The SMILES string of the molecule is Cc1nc(CCNC(=O)[C@H]2CC(=O)Nc3ccc(F)cc32)nc2c1CCC2. The summed E-state index contributed by atoms with van der Waals surface area (Å²) in [5, 5.41) is 5.53. The fourth-order valence-corrected chi connectivity index (χ4v) is 3.88. The van der Waals surface area contributed by atoms with Gasteiger partial charge in [0.2, 0.25) is 11.8 Å². The molecule has 140 valence electrons. The first-order chi connectivity index (χ1) is 13.0. The zero-order valence-electron chi connectivity index (χ0n) is 15.1. The van der Waals surface area contributed by atoms with E-state index in [2.05, 4.69) is 20.6 Å². The van der Waals surface area contributed by atoms with Crippen molar-refractivity contribution in [1.29, 1.82) is 0 Å². The van der Waals surface area contributed by atoms with E-state index in [4.69, 9.17) is 0 Å². The van der Waals surface area contributed by atoms with Gasteiger partial charge in [-0.15, -0.1) is 0 Å². The van der Waals surface area contributed by atoms with Crippen molar-refractivity contribution in [1.82, 2.24) is 15.3 Å². The Balaban J connectivity index is 1.42. The van der Waals surface area contributed by atoms with Crippen LogP contribution in [0, 0.1) is 12.7 Å². The van der Waals surface area contributed by atoms with Crippen molar-refractivity contribution in [2.75, 3.05) is 11.9 Å². The molecule has 7 heteroatoms. The molecule has 2 aromatic rings. The number of amides is 2. The van der Waals surface area contributed by atoms with E-state index < -0.39 is 11.7 Å². The third-order valence-electron chi connectivity index (χ3n) is 5.20. The largest absolute Gasteiger partial charge is 0.355 e. The minimum atomic E-state index is -0.688. The van der Waals surface area contributed by atoms with Crippen LogP contribution in [0.15, 0.2) is 18.2 Å². The lowest BCUT2D eigenvalue weighted by Gasteiger charge is -2.24. The third kappa shape index (κ3) is 3.54. The summed E-state index contributed by atoms with van der Waals surface area (Å²) in [7, 11) is 0. The average Bonchev–Trinajstić information content (AvgIpc) is 3.10. The highest BCUT2D eigenvalue weighted by Gasteiger charge is 2.31. The van der Waals surface area contributed by atoms with E-state index in [-0.39, 0.29) is 18.2 Å². The molecule has 1 aromatic heterocycles. The molecule has 0 radical (unpaired) electrons. The second-order valence-corrected chi connectivity index (χ2v) is 7.08. The molecule has 2 heterocycles. The number of hydrogen-bond donors (Lipinski definition) is 2. The second-order valence-electron chi connectivity index (χ2n) is 7.08. The molecule has 27 heavy (non-hydrogen) atoms. The maximum atomic E-state index is 13.6. The van der Waals surface area contributed by atoms with Crippen LogP contribution < -0.4 is 10.6 Å². The Hall–Kier alpha value is -2.83. The Bertz CT molecular complexity index is 928. The van der Waals surface area contributed by atoms with Crippen LogP contribution in [0.4, 0.5) is 10.1 Å². The first-order valence-corrected chi connectivity index (χ1v) is 9.23. The molecular weight excluding hydrogens is 347 g/mol. The summed E-state index contributed by atoms with van der Waals surface area (Å²) >= 11 is 0. The number of carbonyl (C=O) groups is 2. The monoisotopic (exact) mass is 368 g/mol. The fraction of sp³-hybridized carbons (Fsp3) is 0.400. The van der Waals surface area contributed by atoms with Crippen LogP contribution >= 0.6 is 0 Å². The van der Waals surface area contributed by atoms with Gasteiger partial charge in [-0.2, -0.15) is 0 Å². The highest BCUT2D eigenvalue weighted by Crippen LogP contribution is 2.32. The third-order valence-corrected chi connectivity index (χ3v) is 5.20. The van der Waals surface area contributed by atoms with Gasteiger partial charge in [-0.25, -0.2) is 14.4 Å². The van der Waals surface area contributed by atoms with Crippen LogP contribution in [0.1, 0.15) is 47.1 Å². The predicted octanol–water partition coefficient (Wildman–Crippen LogP) is 2.20. The van der Waals surface area contributed by atoms with E-state index in [0.29, 0.717) is 24.2 Å². The highest BCUT2D eigenvalue weighted by molar-refractivity contribution is 6.01. The Labute approximate surface area is 156 Å². The van der Waals surface area contributed by atoms with Gasteiger partial charge in [0, 0.05) is 36.5 Å². The highest BCUT2D eigenvalue weighted by atomic mass is 19.1. The summed E-state index contributed by atoms with van der Waals surface area (Å²) in [5.41, 5.74) is 4.40. The molecule has 0 unspecified atom stereocenters. The van der Waals surface area contributed by atoms with Gasteiger partial charge in [0.25, 0.3) is 0 Å². The van der Waals surface area contributed by atoms with E-state index >= 15 is 0 Å². The number of anilines is 1. The van der Waals surface area contributed by atoms with E-state index in [1.165, 1.54) is 23.8 Å². The van der Waals surface area contributed by atoms with Crippen molar-refractivity contribution in [2.45, 2.75) is 44.9 Å². The summed E-state index contributed by atoms with van der Waals surface area (Å²) in [4.78, 5) is 33.6. The summed E-state index contributed by atoms with van der Waals surface area (Å²) < 4.78 is 13.6. The van der Waals surface area contributed by atoms with E-state index in [0.717, 1.165) is 36.5 Å². The van der Waals surface area contributed by atoms with Crippen molar-refractivity contribution >= 4 is 17.5 Å². The molecule has 0 spiro atoms. The Morgan fingerprint density at radius 3 is 3.04 bits per heavy atom. The zero-order chi connectivity index (χ0) is 19.0. The number of carbonyl (C=O) groups excluding carboxylic acids is 2. The minimum Gasteiger partial charge on any atom is -0.355 e. The molecule has 2 aliphatic rings. The van der Waals surface area contributed by atoms with Crippen molar-refractivity contribution in [3.63, 3.8) is 0 Å². The quantitative estimate of drug-likeness (QED) is 0.867. The Morgan fingerprint density at radius 2 is 2.19 bits per heavy atom. The molecule has 0 saturated carbocycles. The van der Waals surface area contributed by atoms with Gasteiger partial charge < -0.3 is 10.6 Å². The van der Waals surface area contributed by atoms with E-state index in [1.54, 1.807) is 0 Å². The van der Waals surface area contributed by atoms with Gasteiger partial charge >= 0.3 is 0 Å². The maximum absolute atomic E-state index is 13.6. The minimum absolute atomic E-state index is 0.0107. The summed E-state index contributed by atoms with van der Waals surface area (Å²) in [6.07, 6.45) is 3.67. The number of aromatic nitrogens is 2. The van der Waals surface area contributed by atoms with Gasteiger partial charge in [0.1, 0.15) is 11.6 Å². The number of hydrogen-bond acceptors (Lipinski definition) is 4. The number of benzene rings is 1. The molecule has 2 N–H and O–H groups in total. The van der Waals surface area contributed by atoms with Crippen LogP contribution in [0.5, 0.6) is 0 Å². The van der Waals surface area contributed by atoms with Gasteiger partial charge in [0.15, 0.2) is 0 Å². The van der Waals surface area contributed by atoms with Crippen LogP contribution in [0.2, 0.25) is 0 Å². The summed E-state index contributed by atoms with van der Waals surface area (Å²) in [6, 6.07) is 4.07. The average molecular weight is 368 g/mol. The number of rotatable bonds is 4. The lowest BCUT2D eigenvalue weighted by atomic mass is 9.89. The zero-order valence-corrected chi connectivity index (χ0v) is 15.1. The molecule has 1 aliphatic heterocycles. The normalized spacial score (nSPS) is 17.9. The fourth-order valence-electron chi connectivity index (χ4n) is 3.88.